The molecule has 168 valence electrons. The third-order valence-electron chi connectivity index (χ3n) is 5.18. The number of carbonyl (C=O) groups is 3. The van der Waals surface area contributed by atoms with Crippen molar-refractivity contribution in [3.8, 4) is 11.5 Å². The van der Waals surface area contributed by atoms with E-state index in [-0.39, 0.29) is 37.0 Å². The third kappa shape index (κ3) is 5.73. The number of benzene rings is 2. The molecular weight excluding hydrogens is 432 g/mol. The Morgan fingerprint density at radius 3 is 2.62 bits per heavy atom. The predicted octanol–water partition coefficient (Wildman–Crippen LogP) is 3.36. The summed E-state index contributed by atoms with van der Waals surface area (Å²) in [6, 6.07) is 12.2. The summed E-state index contributed by atoms with van der Waals surface area (Å²) in [5.74, 6) is 0.209. The molecule has 8 nitrogen and oxygen atoms in total. The molecule has 0 radical (unpaired) electrons. The van der Waals surface area contributed by atoms with Crippen LogP contribution in [-0.2, 0) is 14.3 Å². The van der Waals surface area contributed by atoms with Crippen molar-refractivity contribution < 1.29 is 28.6 Å². The molecule has 9 heteroatoms. The number of hydrogen-bond donors (Lipinski definition) is 2. The van der Waals surface area contributed by atoms with Crippen molar-refractivity contribution >= 4 is 35.2 Å². The summed E-state index contributed by atoms with van der Waals surface area (Å²) >= 11 is 1.22. The summed E-state index contributed by atoms with van der Waals surface area (Å²) in [6.45, 7) is -0.156. The fourth-order valence-corrected chi connectivity index (χ4v) is 4.46. The Balaban J connectivity index is 1.28. The Labute approximate surface area is 190 Å². The van der Waals surface area contributed by atoms with Gasteiger partial charge < -0.3 is 24.8 Å². The molecule has 2 amide bonds. The number of esters is 1. The van der Waals surface area contributed by atoms with Crippen LogP contribution in [0, 0.1) is 0 Å². The Hall–Kier alpha value is -3.20. The molecule has 0 saturated heterocycles. The molecule has 2 aliphatic rings. The predicted molar refractivity (Wildman–Crippen MR) is 119 cm³/mol. The molecule has 2 N–H and O–H groups in total. The molecule has 32 heavy (non-hydrogen) atoms. The van der Waals surface area contributed by atoms with Crippen LogP contribution >= 0.6 is 11.8 Å². The molecule has 1 saturated carbocycles. The minimum atomic E-state index is -0.592. The van der Waals surface area contributed by atoms with Gasteiger partial charge in [-0.2, -0.15) is 0 Å². The van der Waals surface area contributed by atoms with Gasteiger partial charge in [-0.05, 0) is 37.1 Å². The molecule has 0 atom stereocenters. The second kappa shape index (κ2) is 10.4. The maximum atomic E-state index is 12.5. The Morgan fingerprint density at radius 1 is 1.00 bits per heavy atom. The lowest BCUT2D eigenvalue weighted by Crippen LogP contribution is -2.35. The topological polar surface area (TPSA) is 103 Å². The van der Waals surface area contributed by atoms with E-state index in [4.69, 9.17) is 14.2 Å². The molecule has 0 spiro atoms. The van der Waals surface area contributed by atoms with E-state index in [1.807, 2.05) is 0 Å². The van der Waals surface area contributed by atoms with Crippen molar-refractivity contribution in [1.82, 2.24) is 5.32 Å². The number of amides is 2. The molecule has 1 aliphatic heterocycles. The average molecular weight is 457 g/mol. The number of carbonyl (C=O) groups excluding carboxylic acids is 3. The van der Waals surface area contributed by atoms with Crippen LogP contribution in [0.5, 0.6) is 11.5 Å². The van der Waals surface area contributed by atoms with Gasteiger partial charge in [0.2, 0.25) is 12.7 Å². The van der Waals surface area contributed by atoms with Crippen LogP contribution in [0.1, 0.15) is 36.0 Å². The quantitative estimate of drug-likeness (QED) is 0.464. The number of ether oxygens (including phenoxy) is 3. The first-order valence-electron chi connectivity index (χ1n) is 10.5. The molecular formula is C23H24N2O6S. The highest BCUT2D eigenvalue weighted by molar-refractivity contribution is 8.00. The molecule has 2 aromatic rings. The number of rotatable bonds is 8. The van der Waals surface area contributed by atoms with Crippen molar-refractivity contribution in [2.75, 3.05) is 24.5 Å². The molecule has 1 aliphatic carbocycles. The van der Waals surface area contributed by atoms with Crippen molar-refractivity contribution in [1.29, 1.82) is 0 Å². The molecule has 0 bridgehead atoms. The van der Waals surface area contributed by atoms with E-state index >= 15 is 0 Å². The highest BCUT2D eigenvalue weighted by atomic mass is 32.2. The van der Waals surface area contributed by atoms with Crippen molar-refractivity contribution in [2.24, 2.45) is 0 Å². The fraction of sp³-hybridized carbons (Fsp3) is 0.348. The minimum Gasteiger partial charge on any atom is -0.454 e. The summed E-state index contributed by atoms with van der Waals surface area (Å²) in [4.78, 5) is 37.5. The van der Waals surface area contributed by atoms with Gasteiger partial charge in [-0.15, -0.1) is 11.8 Å². The largest absolute Gasteiger partial charge is 0.454 e. The van der Waals surface area contributed by atoms with Crippen LogP contribution in [0.3, 0.4) is 0 Å². The zero-order chi connectivity index (χ0) is 22.3. The third-order valence-corrected chi connectivity index (χ3v) is 6.25. The zero-order valence-electron chi connectivity index (χ0n) is 17.4. The van der Waals surface area contributed by atoms with Crippen molar-refractivity contribution in [3.05, 3.63) is 48.0 Å². The lowest BCUT2D eigenvalue weighted by molar-refractivity contribution is -0.124. The van der Waals surface area contributed by atoms with Gasteiger partial charge in [0, 0.05) is 22.7 Å². The number of thioether (sulfide) groups is 1. The summed E-state index contributed by atoms with van der Waals surface area (Å²) in [5.41, 5.74) is 0.919. The maximum Gasteiger partial charge on any atom is 0.339 e. The standard InChI is InChI=1S/C23H24N2O6S/c26-21(24-15-5-1-2-6-15)12-29-23(28)17-7-3-4-8-20(17)32-13-22(27)25-16-9-10-18-19(11-16)31-14-30-18/h3-4,7-11,15H,1-2,5-6,12-14H2,(H,24,26)(H,25,27). The van der Waals surface area contributed by atoms with Crippen molar-refractivity contribution in [3.63, 3.8) is 0 Å². The minimum absolute atomic E-state index is 0.0981. The number of anilines is 1. The lowest BCUT2D eigenvalue weighted by atomic mass is 10.2. The molecule has 4 rings (SSSR count). The second-order valence-electron chi connectivity index (χ2n) is 7.53. The van der Waals surface area contributed by atoms with Gasteiger partial charge in [-0.25, -0.2) is 4.79 Å². The monoisotopic (exact) mass is 456 g/mol. The van der Waals surface area contributed by atoms with E-state index in [0.717, 1.165) is 25.7 Å². The van der Waals surface area contributed by atoms with Gasteiger partial charge in [0.15, 0.2) is 18.1 Å². The fourth-order valence-electron chi connectivity index (χ4n) is 3.62. The van der Waals surface area contributed by atoms with E-state index < -0.39 is 5.97 Å². The Bertz CT molecular complexity index is 1010. The smallest absolute Gasteiger partial charge is 0.339 e. The van der Waals surface area contributed by atoms with Crippen LogP contribution in [0.4, 0.5) is 5.69 Å². The van der Waals surface area contributed by atoms with Gasteiger partial charge in [-0.3, -0.25) is 9.59 Å². The van der Waals surface area contributed by atoms with Crippen LogP contribution in [0.15, 0.2) is 47.4 Å². The van der Waals surface area contributed by atoms with Crippen LogP contribution in [-0.4, -0.2) is 43.0 Å². The van der Waals surface area contributed by atoms with E-state index in [1.165, 1.54) is 11.8 Å². The van der Waals surface area contributed by atoms with Gasteiger partial charge in [0.1, 0.15) is 0 Å². The van der Waals surface area contributed by atoms with Crippen LogP contribution in [0.25, 0.3) is 0 Å². The average Bonchev–Trinajstić information content (AvgIpc) is 3.48. The first-order chi connectivity index (χ1) is 15.6. The van der Waals surface area contributed by atoms with Gasteiger partial charge in [0.05, 0.1) is 11.3 Å². The zero-order valence-corrected chi connectivity index (χ0v) is 18.2. The van der Waals surface area contributed by atoms with Gasteiger partial charge in [0.25, 0.3) is 5.91 Å². The first-order valence-corrected chi connectivity index (χ1v) is 11.4. The summed E-state index contributed by atoms with van der Waals surface area (Å²) in [7, 11) is 0. The molecule has 1 fully saturated rings. The Morgan fingerprint density at radius 2 is 1.78 bits per heavy atom. The number of nitrogens with one attached hydrogen (secondary N) is 2. The maximum absolute atomic E-state index is 12.5. The van der Waals surface area contributed by atoms with E-state index in [2.05, 4.69) is 10.6 Å². The Kier molecular flexibility index (Phi) is 7.16. The van der Waals surface area contributed by atoms with E-state index in [9.17, 15) is 14.4 Å². The van der Waals surface area contributed by atoms with Crippen molar-refractivity contribution in [2.45, 2.75) is 36.6 Å². The number of fused-ring (bicyclic) bond motifs is 1. The summed E-state index contributed by atoms with van der Waals surface area (Å²) in [6.07, 6.45) is 4.15. The molecule has 0 unspecified atom stereocenters. The highest BCUT2D eigenvalue weighted by Gasteiger charge is 2.20. The lowest BCUT2D eigenvalue weighted by Gasteiger charge is -2.13. The SMILES string of the molecule is O=C(CSc1ccccc1C(=O)OCC(=O)NC1CCCC1)Nc1ccc2c(c1)OCO2. The van der Waals surface area contributed by atoms with Crippen LogP contribution < -0.4 is 20.1 Å². The summed E-state index contributed by atoms with van der Waals surface area (Å²) in [5, 5.41) is 5.69. The first kappa shape index (κ1) is 22.0. The van der Waals surface area contributed by atoms with Crippen LogP contribution in [0.2, 0.25) is 0 Å². The number of hydrogen-bond acceptors (Lipinski definition) is 7. The molecule has 0 aromatic heterocycles. The normalized spacial score (nSPS) is 14.8. The summed E-state index contributed by atoms with van der Waals surface area (Å²) < 4.78 is 15.8. The van der Waals surface area contributed by atoms with E-state index in [0.29, 0.717) is 27.6 Å². The molecule has 1 heterocycles. The van der Waals surface area contributed by atoms with E-state index in [1.54, 1.807) is 42.5 Å². The highest BCUT2D eigenvalue weighted by Crippen LogP contribution is 2.34. The molecule has 2 aromatic carbocycles. The van der Waals surface area contributed by atoms with Gasteiger partial charge >= 0.3 is 5.97 Å². The van der Waals surface area contributed by atoms with Gasteiger partial charge in [-0.1, -0.05) is 25.0 Å². The second-order valence-corrected chi connectivity index (χ2v) is 8.54.